The number of hydrogen-bond acceptors (Lipinski definition) is 6. The summed E-state index contributed by atoms with van der Waals surface area (Å²) in [5.41, 5.74) is -0.971. The molecular weight excluding hydrogens is 398 g/mol. The molecule has 0 aliphatic rings. The van der Waals surface area contributed by atoms with Crippen LogP contribution in [0.25, 0.3) is 22.3 Å². The molecule has 3 rings (SSSR count). The Balaban J connectivity index is 2.36. The summed E-state index contributed by atoms with van der Waals surface area (Å²) in [6.07, 6.45) is 2.81. The van der Waals surface area contributed by atoms with Crippen molar-refractivity contribution in [3.8, 4) is 17.2 Å². The highest BCUT2D eigenvalue weighted by atomic mass is 16.3. The third-order valence-corrected chi connectivity index (χ3v) is 5.11. The van der Waals surface area contributed by atoms with Gasteiger partial charge in [0.1, 0.15) is 16.9 Å². The Hall–Kier alpha value is -3.81. The number of allylic oxidation sites excluding steroid dienone is 2. The van der Waals surface area contributed by atoms with E-state index in [9.17, 15) is 19.5 Å². The van der Waals surface area contributed by atoms with Crippen LogP contribution in [-0.4, -0.2) is 27.3 Å². The Morgan fingerprint density at radius 2 is 1.68 bits per heavy atom. The first-order chi connectivity index (χ1) is 14.9. The number of hydrogen-bond donors (Lipinski definition) is 1. The van der Waals surface area contributed by atoms with Crippen LogP contribution in [0.1, 0.15) is 13.8 Å². The van der Waals surface area contributed by atoms with Gasteiger partial charge in [0.25, 0.3) is 5.56 Å². The second-order valence-corrected chi connectivity index (χ2v) is 6.91. The number of nitrogens with zero attached hydrogens (tertiary/aromatic N) is 3. The van der Waals surface area contributed by atoms with Crippen LogP contribution in [0.5, 0.6) is 5.88 Å². The summed E-state index contributed by atoms with van der Waals surface area (Å²) in [4.78, 5) is 40.5. The van der Waals surface area contributed by atoms with Crippen molar-refractivity contribution in [1.82, 2.24) is 9.13 Å². The summed E-state index contributed by atoms with van der Waals surface area (Å²) in [6, 6.07) is 6.39. The smallest absolute Gasteiger partial charge is 0.334 e. The van der Waals surface area contributed by atoms with Crippen LogP contribution in [-0.2, 0) is 13.1 Å². The Morgan fingerprint density at radius 3 is 2.29 bits per heavy atom. The molecule has 0 atom stereocenters. The van der Waals surface area contributed by atoms with Gasteiger partial charge in [-0.2, -0.15) is 0 Å². The van der Waals surface area contributed by atoms with Crippen molar-refractivity contribution >= 4 is 16.7 Å². The average Bonchev–Trinajstić information content (AvgIpc) is 2.75. The van der Waals surface area contributed by atoms with Crippen LogP contribution < -0.4 is 21.6 Å². The van der Waals surface area contributed by atoms with Crippen molar-refractivity contribution < 1.29 is 9.52 Å². The number of aromatic nitrogens is 2. The molecule has 0 aliphatic carbocycles. The fourth-order valence-corrected chi connectivity index (χ4v) is 3.54. The van der Waals surface area contributed by atoms with Gasteiger partial charge >= 0.3 is 5.69 Å². The van der Waals surface area contributed by atoms with E-state index in [1.54, 1.807) is 12.1 Å². The van der Waals surface area contributed by atoms with Crippen LogP contribution in [0.3, 0.4) is 0 Å². The number of fused-ring (bicyclic) bond motifs is 1. The van der Waals surface area contributed by atoms with Crippen LogP contribution in [0, 0.1) is 0 Å². The summed E-state index contributed by atoms with van der Waals surface area (Å²) < 4.78 is 7.82. The lowest BCUT2D eigenvalue weighted by Gasteiger charge is -2.21. The first kappa shape index (κ1) is 21.9. The van der Waals surface area contributed by atoms with Crippen LogP contribution in [0.4, 0.5) is 5.69 Å². The van der Waals surface area contributed by atoms with Gasteiger partial charge in [-0.3, -0.25) is 18.7 Å². The maximum atomic E-state index is 13.0. The molecule has 3 aromatic rings. The largest absolute Gasteiger partial charge is 0.494 e. The van der Waals surface area contributed by atoms with Gasteiger partial charge in [-0.25, -0.2) is 4.79 Å². The van der Waals surface area contributed by atoms with Crippen LogP contribution in [0.15, 0.2) is 68.4 Å². The Bertz CT molecular complexity index is 1330. The second kappa shape index (κ2) is 8.91. The zero-order valence-corrected chi connectivity index (χ0v) is 17.6. The van der Waals surface area contributed by atoms with Crippen molar-refractivity contribution in [2.45, 2.75) is 26.9 Å². The van der Waals surface area contributed by atoms with Crippen LogP contribution in [0.2, 0.25) is 0 Å². The van der Waals surface area contributed by atoms with E-state index < -0.39 is 17.1 Å². The fraction of sp³-hybridized carbons (Fsp3) is 0.261. The quantitative estimate of drug-likeness (QED) is 0.560. The van der Waals surface area contributed by atoms with Gasteiger partial charge in [0.15, 0.2) is 5.43 Å². The van der Waals surface area contributed by atoms with Crippen molar-refractivity contribution in [2.75, 3.05) is 18.0 Å². The predicted molar refractivity (Wildman–Crippen MR) is 122 cm³/mol. The lowest BCUT2D eigenvalue weighted by atomic mass is 10.1. The van der Waals surface area contributed by atoms with E-state index in [4.69, 9.17) is 4.42 Å². The van der Waals surface area contributed by atoms with E-state index in [0.717, 1.165) is 34.0 Å². The highest BCUT2D eigenvalue weighted by Crippen LogP contribution is 2.28. The lowest BCUT2D eigenvalue weighted by Crippen LogP contribution is -2.40. The fourth-order valence-electron chi connectivity index (χ4n) is 3.54. The summed E-state index contributed by atoms with van der Waals surface area (Å²) in [5.74, 6) is -0.704. The van der Waals surface area contributed by atoms with Gasteiger partial charge in [0.2, 0.25) is 5.88 Å². The second-order valence-electron chi connectivity index (χ2n) is 6.91. The maximum Gasteiger partial charge on any atom is 0.334 e. The third kappa shape index (κ3) is 3.84. The first-order valence-electron chi connectivity index (χ1n) is 9.99. The minimum absolute atomic E-state index is 0.0288. The Labute approximate surface area is 178 Å². The molecule has 0 saturated carbocycles. The highest BCUT2D eigenvalue weighted by Gasteiger charge is 2.22. The molecule has 8 nitrogen and oxygen atoms in total. The van der Waals surface area contributed by atoms with Gasteiger partial charge in [0.05, 0.1) is 5.39 Å². The zero-order valence-electron chi connectivity index (χ0n) is 17.6. The zero-order chi connectivity index (χ0) is 22.7. The normalized spacial score (nSPS) is 10.9. The minimum atomic E-state index is -0.773. The highest BCUT2D eigenvalue weighted by molar-refractivity contribution is 5.82. The van der Waals surface area contributed by atoms with Gasteiger partial charge < -0.3 is 14.4 Å². The van der Waals surface area contributed by atoms with E-state index in [-0.39, 0.29) is 35.4 Å². The molecular formula is C23H25N3O5. The topological polar surface area (TPSA) is 97.7 Å². The first-order valence-corrected chi connectivity index (χ1v) is 9.99. The Morgan fingerprint density at radius 1 is 1.03 bits per heavy atom. The third-order valence-electron chi connectivity index (χ3n) is 5.11. The number of benzene rings is 1. The van der Waals surface area contributed by atoms with E-state index in [2.05, 4.69) is 18.1 Å². The van der Waals surface area contributed by atoms with Gasteiger partial charge in [-0.05, 0) is 26.0 Å². The Kier molecular flexibility index (Phi) is 6.29. The van der Waals surface area contributed by atoms with E-state index >= 15 is 0 Å². The van der Waals surface area contributed by atoms with Gasteiger partial charge in [-0.15, -0.1) is 13.2 Å². The molecule has 2 heterocycles. The van der Waals surface area contributed by atoms with E-state index in [1.165, 1.54) is 12.2 Å². The maximum absolute atomic E-state index is 13.0. The van der Waals surface area contributed by atoms with Gasteiger partial charge in [-0.1, -0.05) is 12.2 Å². The number of anilines is 1. The predicted octanol–water partition coefficient (Wildman–Crippen LogP) is 2.71. The molecule has 162 valence electrons. The summed E-state index contributed by atoms with van der Waals surface area (Å²) in [5, 5.41) is 11.1. The lowest BCUT2D eigenvalue weighted by molar-refractivity contribution is 0.402. The van der Waals surface area contributed by atoms with Crippen molar-refractivity contribution in [1.29, 1.82) is 0 Å². The summed E-state index contributed by atoms with van der Waals surface area (Å²) >= 11 is 0. The number of rotatable bonds is 8. The molecule has 0 spiro atoms. The van der Waals surface area contributed by atoms with Crippen molar-refractivity contribution in [3.63, 3.8) is 0 Å². The SMILES string of the molecule is C=CCn1c(O)c(-c2cc(=O)c3ccc(N(CC)CC)cc3o2)c(=O)n(CC=C)c1=O. The molecule has 31 heavy (non-hydrogen) atoms. The standard InChI is InChI=1S/C23H25N3O5/c1-5-11-25-21(28)20(22(29)26(12-6-2)23(25)30)19-14-17(27)16-10-9-15(13-18(16)31-19)24(7-3)8-4/h5-6,9-10,13-14,28H,1-2,7-8,11-12H2,3-4H3. The molecule has 0 bridgehead atoms. The molecule has 0 fully saturated rings. The van der Waals surface area contributed by atoms with Crippen molar-refractivity contribution in [3.05, 3.63) is 80.6 Å². The molecule has 8 heteroatoms. The molecule has 0 saturated heterocycles. The monoisotopic (exact) mass is 423 g/mol. The van der Waals surface area contributed by atoms with Gasteiger partial charge in [0, 0.05) is 44.0 Å². The minimum Gasteiger partial charge on any atom is -0.494 e. The molecule has 2 aromatic heterocycles. The van der Waals surface area contributed by atoms with E-state index in [1.807, 2.05) is 19.9 Å². The number of aromatic hydroxyl groups is 1. The summed E-state index contributed by atoms with van der Waals surface area (Å²) in [6.45, 7) is 12.6. The average molecular weight is 423 g/mol. The molecule has 1 aromatic carbocycles. The molecule has 0 unspecified atom stereocenters. The summed E-state index contributed by atoms with van der Waals surface area (Å²) in [7, 11) is 0. The van der Waals surface area contributed by atoms with Crippen LogP contribution >= 0.6 is 0 Å². The molecule has 0 amide bonds. The van der Waals surface area contributed by atoms with E-state index in [0.29, 0.717) is 5.39 Å². The molecule has 1 N–H and O–H groups in total. The molecule has 0 radical (unpaired) electrons. The van der Waals surface area contributed by atoms with Crippen molar-refractivity contribution in [2.24, 2.45) is 0 Å². The molecule has 0 aliphatic heterocycles.